The Kier molecular flexibility index (Phi) is 4.39. The largest absolute Gasteiger partial charge is 0.389 e. The van der Waals surface area contributed by atoms with Crippen molar-refractivity contribution in [2.75, 3.05) is 11.4 Å². The van der Waals surface area contributed by atoms with Crippen LogP contribution >= 0.6 is 28.1 Å². The van der Waals surface area contributed by atoms with E-state index in [1.165, 1.54) is 0 Å². The maximum Gasteiger partial charge on any atom is 0.249 e. The zero-order valence-electron chi connectivity index (χ0n) is 10.9. The van der Waals surface area contributed by atoms with Gasteiger partial charge in [-0.05, 0) is 24.6 Å². The van der Waals surface area contributed by atoms with Crippen LogP contribution in [0.15, 0.2) is 22.7 Å². The van der Waals surface area contributed by atoms with Crippen LogP contribution in [0.4, 0.5) is 5.69 Å². The van der Waals surface area contributed by atoms with Crippen molar-refractivity contribution < 1.29 is 9.59 Å². The minimum Gasteiger partial charge on any atom is -0.389 e. The number of halogens is 1. The van der Waals surface area contributed by atoms with Crippen LogP contribution in [0.2, 0.25) is 0 Å². The monoisotopic (exact) mass is 355 g/mol. The molecule has 5 nitrogen and oxygen atoms in total. The second-order valence-electron chi connectivity index (χ2n) is 4.49. The summed E-state index contributed by atoms with van der Waals surface area (Å²) in [5.74, 6) is -0.619. The maximum absolute atomic E-state index is 11.9. The normalized spacial score (nSPS) is 18.9. The van der Waals surface area contributed by atoms with Gasteiger partial charge < -0.3 is 10.6 Å². The van der Waals surface area contributed by atoms with Gasteiger partial charge in [-0.15, -0.1) is 0 Å². The molecule has 1 fully saturated rings. The number of thiocarbonyl (C=S) groups is 1. The molecule has 0 bridgehead atoms. The Balaban J connectivity index is 2.52. The minimum absolute atomic E-state index is 0.107. The number of hydrogen-bond acceptors (Lipinski definition) is 4. The average molecular weight is 356 g/mol. The van der Waals surface area contributed by atoms with Crippen LogP contribution in [-0.2, 0) is 9.59 Å². The van der Waals surface area contributed by atoms with Gasteiger partial charge in [0.05, 0.1) is 6.54 Å². The van der Waals surface area contributed by atoms with Crippen molar-refractivity contribution in [3.8, 4) is 0 Å². The summed E-state index contributed by atoms with van der Waals surface area (Å²) in [5, 5.41) is 2.35. The Labute approximate surface area is 130 Å². The summed E-state index contributed by atoms with van der Waals surface area (Å²) in [5.41, 5.74) is 7.08. The molecule has 0 aliphatic carbocycles. The molecule has 3 N–H and O–H groups in total. The number of nitrogens with two attached hydrogens (primary N) is 1. The number of hydrogen-bond donors (Lipinski definition) is 2. The molecular weight excluding hydrogens is 342 g/mol. The van der Waals surface area contributed by atoms with Crippen LogP contribution in [-0.4, -0.2) is 29.4 Å². The van der Waals surface area contributed by atoms with E-state index in [2.05, 4.69) is 21.2 Å². The lowest BCUT2D eigenvalue weighted by Crippen LogP contribution is -2.58. The van der Waals surface area contributed by atoms with Gasteiger partial charge in [-0.1, -0.05) is 35.1 Å². The van der Waals surface area contributed by atoms with E-state index in [1.807, 2.05) is 19.1 Å². The molecule has 106 valence electrons. The van der Waals surface area contributed by atoms with E-state index in [9.17, 15) is 9.59 Å². The highest BCUT2D eigenvalue weighted by Crippen LogP contribution is 2.28. The fourth-order valence-corrected chi connectivity index (χ4v) is 2.80. The van der Waals surface area contributed by atoms with Crippen LogP contribution < -0.4 is 16.0 Å². The van der Waals surface area contributed by atoms with Crippen molar-refractivity contribution >= 4 is 50.6 Å². The number of nitrogens with one attached hydrogen (secondary N) is 1. The maximum atomic E-state index is 11.9. The molecule has 0 radical (unpaired) electrons. The highest BCUT2D eigenvalue weighted by atomic mass is 79.9. The smallest absolute Gasteiger partial charge is 0.249 e. The predicted molar refractivity (Wildman–Crippen MR) is 84.6 cm³/mol. The molecule has 2 rings (SSSR count). The number of rotatable bonds is 3. The van der Waals surface area contributed by atoms with Crippen molar-refractivity contribution in [1.82, 2.24) is 5.32 Å². The summed E-state index contributed by atoms with van der Waals surface area (Å²) in [4.78, 5) is 25.6. The Morgan fingerprint density at radius 3 is 2.85 bits per heavy atom. The van der Waals surface area contributed by atoms with E-state index >= 15 is 0 Å². The number of carbonyl (C=O) groups excluding carboxylic acids is 2. The first kappa shape index (κ1) is 14.9. The van der Waals surface area contributed by atoms with Crippen LogP contribution in [0.1, 0.15) is 18.9 Å². The van der Waals surface area contributed by atoms with Crippen LogP contribution in [0.5, 0.6) is 0 Å². The standard InChI is InChI=1S/C13H14BrN3O2S/c1-2-9-13(19)16-11(18)6-17(9)10-5-7(14)3-4-8(10)12(15)20/h3-5,9H,2,6H2,1H3,(H2,15,20)(H,16,18,19). The van der Waals surface area contributed by atoms with E-state index in [1.54, 1.807) is 11.0 Å². The summed E-state index contributed by atoms with van der Waals surface area (Å²) in [6.07, 6.45) is 0.586. The lowest BCUT2D eigenvalue weighted by Gasteiger charge is -2.36. The van der Waals surface area contributed by atoms with Gasteiger partial charge in [0.15, 0.2) is 0 Å². The molecule has 1 aromatic carbocycles. The quantitative estimate of drug-likeness (QED) is 0.631. The number of carbonyl (C=O) groups is 2. The predicted octanol–water partition coefficient (Wildman–Crippen LogP) is 1.32. The average Bonchev–Trinajstić information content (AvgIpc) is 2.37. The van der Waals surface area contributed by atoms with E-state index in [0.717, 1.165) is 4.47 Å². The molecule has 1 heterocycles. The van der Waals surface area contributed by atoms with Gasteiger partial charge in [0.2, 0.25) is 11.8 Å². The number of benzene rings is 1. The molecule has 1 aliphatic rings. The van der Waals surface area contributed by atoms with Crippen LogP contribution in [0.3, 0.4) is 0 Å². The number of anilines is 1. The van der Waals surface area contributed by atoms with Crippen LogP contribution in [0.25, 0.3) is 0 Å². The Bertz CT molecular complexity index is 591. The van der Waals surface area contributed by atoms with E-state index in [-0.39, 0.29) is 23.3 Å². The molecule has 0 aromatic heterocycles. The summed E-state index contributed by atoms with van der Waals surface area (Å²) in [6, 6.07) is 5.02. The van der Waals surface area contributed by atoms with Crippen molar-refractivity contribution in [3.63, 3.8) is 0 Å². The molecule has 7 heteroatoms. The van der Waals surface area contributed by atoms with Crippen molar-refractivity contribution in [2.24, 2.45) is 5.73 Å². The molecule has 0 saturated carbocycles. The third-order valence-corrected chi connectivity index (χ3v) is 3.89. The molecule has 1 unspecified atom stereocenters. The molecule has 1 saturated heterocycles. The van der Waals surface area contributed by atoms with Crippen molar-refractivity contribution in [1.29, 1.82) is 0 Å². The first-order valence-corrected chi connectivity index (χ1v) is 7.33. The minimum atomic E-state index is -0.407. The summed E-state index contributed by atoms with van der Waals surface area (Å²) >= 11 is 8.43. The molecule has 2 amide bonds. The molecular formula is C13H14BrN3O2S. The zero-order valence-corrected chi connectivity index (χ0v) is 13.3. The lowest BCUT2D eigenvalue weighted by molar-refractivity contribution is -0.132. The molecule has 20 heavy (non-hydrogen) atoms. The third kappa shape index (κ3) is 2.83. The number of piperazine rings is 1. The summed E-state index contributed by atoms with van der Waals surface area (Å²) in [7, 11) is 0. The first-order valence-electron chi connectivity index (χ1n) is 6.13. The molecule has 1 atom stereocenters. The zero-order chi connectivity index (χ0) is 14.9. The van der Waals surface area contributed by atoms with E-state index in [0.29, 0.717) is 17.7 Å². The van der Waals surface area contributed by atoms with Gasteiger partial charge in [0.25, 0.3) is 0 Å². The topological polar surface area (TPSA) is 75.4 Å². The van der Waals surface area contributed by atoms with Gasteiger partial charge in [-0.2, -0.15) is 0 Å². The second-order valence-corrected chi connectivity index (χ2v) is 5.85. The highest BCUT2D eigenvalue weighted by Gasteiger charge is 2.33. The van der Waals surface area contributed by atoms with Crippen LogP contribution in [0, 0.1) is 0 Å². The van der Waals surface area contributed by atoms with E-state index in [4.69, 9.17) is 18.0 Å². The van der Waals surface area contributed by atoms with Gasteiger partial charge in [0, 0.05) is 15.7 Å². The Hall–Kier alpha value is -1.47. The highest BCUT2D eigenvalue weighted by molar-refractivity contribution is 9.10. The molecule has 1 aliphatic heterocycles. The Morgan fingerprint density at radius 2 is 2.25 bits per heavy atom. The van der Waals surface area contributed by atoms with Crippen molar-refractivity contribution in [3.05, 3.63) is 28.2 Å². The Morgan fingerprint density at radius 1 is 1.55 bits per heavy atom. The lowest BCUT2D eigenvalue weighted by atomic mass is 10.1. The second kappa shape index (κ2) is 5.88. The third-order valence-electron chi connectivity index (χ3n) is 3.18. The fourth-order valence-electron chi connectivity index (χ4n) is 2.28. The molecule has 0 spiro atoms. The van der Waals surface area contributed by atoms with Gasteiger partial charge >= 0.3 is 0 Å². The van der Waals surface area contributed by atoms with Gasteiger partial charge in [-0.3, -0.25) is 14.9 Å². The SMILES string of the molecule is CCC1C(=O)NC(=O)CN1c1cc(Br)ccc1C(N)=S. The number of imide groups is 1. The fraction of sp³-hybridized carbons (Fsp3) is 0.308. The number of nitrogens with zero attached hydrogens (tertiary/aromatic N) is 1. The summed E-state index contributed by atoms with van der Waals surface area (Å²) in [6.45, 7) is 2.00. The summed E-state index contributed by atoms with van der Waals surface area (Å²) < 4.78 is 0.834. The van der Waals surface area contributed by atoms with Gasteiger partial charge in [-0.25, -0.2) is 0 Å². The van der Waals surface area contributed by atoms with Gasteiger partial charge in [0.1, 0.15) is 11.0 Å². The van der Waals surface area contributed by atoms with Crippen molar-refractivity contribution in [2.45, 2.75) is 19.4 Å². The molecule has 1 aromatic rings. The number of amides is 2. The van der Waals surface area contributed by atoms with E-state index < -0.39 is 6.04 Å². The first-order chi connectivity index (χ1) is 9.43.